The highest BCUT2D eigenvalue weighted by Gasteiger charge is 2.15. The molecule has 0 saturated carbocycles. The first-order chi connectivity index (χ1) is 7.83. The molecule has 0 bridgehead atoms. The molecule has 3 heterocycles. The van der Waals surface area contributed by atoms with Gasteiger partial charge in [-0.25, -0.2) is 4.52 Å². The summed E-state index contributed by atoms with van der Waals surface area (Å²) < 4.78 is 7.03. The number of pyridine rings is 1. The lowest BCUT2D eigenvalue weighted by Crippen LogP contribution is -2.36. The molecule has 0 atom stereocenters. The zero-order chi connectivity index (χ0) is 11.0. The zero-order valence-electron chi connectivity index (χ0n) is 9.24. The molecular weight excluding hydrogens is 242 g/mol. The molecule has 0 aromatic carbocycles. The van der Waals surface area contributed by atoms with E-state index in [1.807, 2.05) is 18.3 Å². The molecule has 1 fully saturated rings. The molecule has 1 saturated heterocycles. The Balaban J connectivity index is 0.00000108. The second-order valence-corrected chi connectivity index (χ2v) is 3.77. The van der Waals surface area contributed by atoms with Gasteiger partial charge in [-0.05, 0) is 6.07 Å². The van der Waals surface area contributed by atoms with Gasteiger partial charge < -0.3 is 15.4 Å². The Morgan fingerprint density at radius 1 is 1.29 bits per heavy atom. The van der Waals surface area contributed by atoms with Gasteiger partial charge in [-0.2, -0.15) is 4.98 Å². The molecule has 3 rings (SSSR count). The third kappa shape index (κ3) is 2.27. The van der Waals surface area contributed by atoms with E-state index in [4.69, 9.17) is 10.5 Å². The fourth-order valence-electron chi connectivity index (χ4n) is 1.78. The topological polar surface area (TPSA) is 68.7 Å². The smallest absolute Gasteiger partial charge is 0.245 e. The van der Waals surface area contributed by atoms with Crippen LogP contribution in [0.5, 0.6) is 0 Å². The highest BCUT2D eigenvalue weighted by Crippen LogP contribution is 2.13. The van der Waals surface area contributed by atoms with Gasteiger partial charge >= 0.3 is 0 Å². The zero-order valence-corrected chi connectivity index (χ0v) is 10.1. The van der Waals surface area contributed by atoms with Crippen molar-refractivity contribution < 1.29 is 4.74 Å². The van der Waals surface area contributed by atoms with Gasteiger partial charge in [-0.15, -0.1) is 17.5 Å². The van der Waals surface area contributed by atoms with Crippen molar-refractivity contribution in [1.29, 1.82) is 0 Å². The number of hydrogen-bond donors (Lipinski definition) is 1. The number of anilines is 2. The summed E-state index contributed by atoms with van der Waals surface area (Å²) in [5.41, 5.74) is 7.18. The van der Waals surface area contributed by atoms with Crippen LogP contribution < -0.4 is 10.6 Å². The molecule has 7 heteroatoms. The summed E-state index contributed by atoms with van der Waals surface area (Å²) in [5, 5.41) is 4.40. The lowest BCUT2D eigenvalue weighted by molar-refractivity contribution is 0.122. The summed E-state index contributed by atoms with van der Waals surface area (Å²) in [6.07, 6.45) is 1.82. The minimum Gasteiger partial charge on any atom is -0.399 e. The molecule has 1 aliphatic rings. The summed E-state index contributed by atoms with van der Waals surface area (Å²) in [6, 6.07) is 3.63. The Bertz CT molecular complexity index is 508. The van der Waals surface area contributed by atoms with E-state index in [9.17, 15) is 0 Å². The predicted octanol–water partition coefficient (Wildman–Crippen LogP) is 0.570. The summed E-state index contributed by atoms with van der Waals surface area (Å²) in [4.78, 5) is 6.56. The van der Waals surface area contributed by atoms with E-state index >= 15 is 0 Å². The number of rotatable bonds is 1. The molecule has 6 nitrogen and oxygen atoms in total. The van der Waals surface area contributed by atoms with Gasteiger partial charge in [0.25, 0.3) is 0 Å². The number of aromatic nitrogens is 3. The molecule has 0 radical (unpaired) electrons. The average Bonchev–Trinajstić information content (AvgIpc) is 2.73. The third-order valence-corrected chi connectivity index (χ3v) is 2.64. The minimum absolute atomic E-state index is 0. The van der Waals surface area contributed by atoms with Crippen LogP contribution in [0.3, 0.4) is 0 Å². The molecule has 0 aliphatic carbocycles. The predicted molar refractivity (Wildman–Crippen MR) is 67.7 cm³/mol. The molecule has 0 spiro atoms. The number of morpholine rings is 1. The van der Waals surface area contributed by atoms with Crippen molar-refractivity contribution >= 4 is 29.7 Å². The molecule has 2 N–H and O–H groups in total. The molecule has 0 unspecified atom stereocenters. The molecule has 1 aliphatic heterocycles. The van der Waals surface area contributed by atoms with Crippen LogP contribution in [0.15, 0.2) is 18.3 Å². The van der Waals surface area contributed by atoms with Gasteiger partial charge in [0.05, 0.1) is 13.2 Å². The van der Waals surface area contributed by atoms with Crippen LogP contribution in [-0.4, -0.2) is 40.9 Å². The average molecular weight is 256 g/mol. The Kier molecular flexibility index (Phi) is 3.35. The van der Waals surface area contributed by atoms with Gasteiger partial charge in [0.1, 0.15) is 0 Å². The van der Waals surface area contributed by atoms with Crippen LogP contribution >= 0.6 is 12.4 Å². The number of fused-ring (bicyclic) bond motifs is 1. The van der Waals surface area contributed by atoms with Gasteiger partial charge in [0.15, 0.2) is 5.65 Å². The maximum atomic E-state index is 5.70. The molecule has 17 heavy (non-hydrogen) atoms. The first-order valence-corrected chi connectivity index (χ1v) is 5.27. The number of halogens is 1. The standard InChI is InChI=1S/C10H13N5O.ClH/c11-8-1-2-15-9(7-8)12-10(13-15)14-3-5-16-6-4-14;/h1-2,7H,3-6,11H2;1H. The summed E-state index contributed by atoms with van der Waals surface area (Å²) in [5.74, 6) is 0.744. The largest absolute Gasteiger partial charge is 0.399 e. The summed E-state index contributed by atoms with van der Waals surface area (Å²) >= 11 is 0. The Morgan fingerprint density at radius 3 is 2.82 bits per heavy atom. The van der Waals surface area contributed by atoms with Crippen molar-refractivity contribution in [2.75, 3.05) is 36.9 Å². The Hall–Kier alpha value is -1.53. The van der Waals surface area contributed by atoms with Crippen LogP contribution in [0.1, 0.15) is 0 Å². The molecule has 2 aromatic rings. The fourth-order valence-corrected chi connectivity index (χ4v) is 1.78. The first kappa shape index (κ1) is 11.9. The first-order valence-electron chi connectivity index (χ1n) is 5.27. The van der Waals surface area contributed by atoms with Gasteiger partial charge in [0, 0.05) is 31.0 Å². The highest BCUT2D eigenvalue weighted by atomic mass is 35.5. The number of ether oxygens (including phenoxy) is 1. The number of nitrogens with two attached hydrogens (primary N) is 1. The van der Waals surface area contributed by atoms with E-state index in [1.54, 1.807) is 4.52 Å². The molecule has 92 valence electrons. The van der Waals surface area contributed by atoms with E-state index in [-0.39, 0.29) is 12.4 Å². The van der Waals surface area contributed by atoms with Crippen LogP contribution in [0.4, 0.5) is 11.6 Å². The van der Waals surface area contributed by atoms with E-state index in [1.165, 1.54) is 0 Å². The second kappa shape index (κ2) is 4.77. The lowest BCUT2D eigenvalue weighted by atomic mass is 10.4. The lowest BCUT2D eigenvalue weighted by Gasteiger charge is -2.25. The second-order valence-electron chi connectivity index (χ2n) is 3.77. The Labute approximate surface area is 105 Å². The van der Waals surface area contributed by atoms with E-state index in [0.717, 1.165) is 37.9 Å². The van der Waals surface area contributed by atoms with Crippen molar-refractivity contribution in [2.45, 2.75) is 0 Å². The van der Waals surface area contributed by atoms with E-state index < -0.39 is 0 Å². The van der Waals surface area contributed by atoms with Gasteiger partial charge in [-0.1, -0.05) is 0 Å². The SMILES string of the molecule is Cl.Nc1ccn2nc(N3CCOCC3)nc2c1. The molecule has 0 amide bonds. The van der Waals surface area contributed by atoms with Crippen molar-refractivity contribution in [1.82, 2.24) is 14.6 Å². The molecular formula is C10H14ClN5O. The minimum atomic E-state index is 0. The van der Waals surface area contributed by atoms with Crippen molar-refractivity contribution in [3.05, 3.63) is 18.3 Å². The number of nitrogen functional groups attached to an aromatic ring is 1. The van der Waals surface area contributed by atoms with Crippen LogP contribution in [0.2, 0.25) is 0 Å². The summed E-state index contributed by atoms with van der Waals surface area (Å²) in [6.45, 7) is 3.15. The fraction of sp³-hybridized carbons (Fsp3) is 0.400. The van der Waals surface area contributed by atoms with Crippen LogP contribution in [-0.2, 0) is 4.74 Å². The third-order valence-electron chi connectivity index (χ3n) is 2.64. The summed E-state index contributed by atoms with van der Waals surface area (Å²) in [7, 11) is 0. The van der Waals surface area contributed by atoms with E-state index in [2.05, 4.69) is 15.0 Å². The maximum Gasteiger partial charge on any atom is 0.245 e. The monoisotopic (exact) mass is 255 g/mol. The van der Waals surface area contributed by atoms with Crippen LogP contribution in [0.25, 0.3) is 5.65 Å². The van der Waals surface area contributed by atoms with Crippen LogP contribution in [0, 0.1) is 0 Å². The Morgan fingerprint density at radius 2 is 2.06 bits per heavy atom. The van der Waals surface area contributed by atoms with Gasteiger partial charge in [0.2, 0.25) is 5.95 Å². The van der Waals surface area contributed by atoms with Crippen molar-refractivity contribution in [3.8, 4) is 0 Å². The number of nitrogens with zero attached hydrogens (tertiary/aromatic N) is 4. The van der Waals surface area contributed by atoms with Gasteiger partial charge in [-0.3, -0.25) is 0 Å². The highest BCUT2D eigenvalue weighted by molar-refractivity contribution is 5.85. The molecule has 2 aromatic heterocycles. The quantitative estimate of drug-likeness (QED) is 0.807. The normalized spacial score (nSPS) is 15.9. The van der Waals surface area contributed by atoms with E-state index in [0.29, 0.717) is 5.69 Å². The van der Waals surface area contributed by atoms with Crippen molar-refractivity contribution in [3.63, 3.8) is 0 Å². The van der Waals surface area contributed by atoms with Crippen molar-refractivity contribution in [2.24, 2.45) is 0 Å². The maximum absolute atomic E-state index is 5.70. The number of hydrogen-bond acceptors (Lipinski definition) is 5.